The Hall–Kier alpha value is -3.55. The zero-order valence-electron chi connectivity index (χ0n) is 22.1. The first-order chi connectivity index (χ1) is 17.1. The number of rotatable bonds is 9. The first kappa shape index (κ1) is 27.0. The fraction of sp³-hybridized carbons (Fsp3) is 0.464. The van der Waals surface area contributed by atoms with E-state index in [-0.39, 0.29) is 29.9 Å². The predicted octanol–water partition coefficient (Wildman–Crippen LogP) is 4.83. The van der Waals surface area contributed by atoms with Crippen LogP contribution in [0.3, 0.4) is 0 Å². The van der Waals surface area contributed by atoms with Gasteiger partial charge in [0.1, 0.15) is 22.6 Å². The normalized spacial score (nSPS) is 12.4. The van der Waals surface area contributed by atoms with E-state index in [1.807, 2.05) is 58.0 Å². The Morgan fingerprint density at radius 3 is 2.36 bits per heavy atom. The fourth-order valence-corrected chi connectivity index (χ4v) is 4.16. The van der Waals surface area contributed by atoms with E-state index >= 15 is 0 Å². The Bertz CT molecular complexity index is 1280. The van der Waals surface area contributed by atoms with Crippen LogP contribution >= 0.6 is 0 Å². The molecule has 0 aliphatic rings. The summed E-state index contributed by atoms with van der Waals surface area (Å²) in [5, 5.41) is 0. The standard InChI is InChI=1S/C28H36N4O4/c1-7-22(19-13-10-9-11-14-19)32-26-20(17-18-23(30-26)31(6)24(33)8-2)29-21(27(32)35)15-12-16-25(34)36-28(3,4)5/h9-11,13-14,17-18,22H,7-8,12,15-16H2,1-6H3/t22-/m0/s1. The van der Waals surface area contributed by atoms with Gasteiger partial charge in [-0.3, -0.25) is 23.9 Å². The molecule has 0 bridgehead atoms. The number of amides is 1. The van der Waals surface area contributed by atoms with Crippen molar-refractivity contribution in [2.24, 2.45) is 0 Å². The molecule has 8 heteroatoms. The molecule has 192 valence electrons. The van der Waals surface area contributed by atoms with E-state index in [0.29, 0.717) is 48.4 Å². The molecule has 0 spiro atoms. The summed E-state index contributed by atoms with van der Waals surface area (Å²) in [5.74, 6) is 0.0942. The van der Waals surface area contributed by atoms with Crippen LogP contribution in [0.1, 0.15) is 77.6 Å². The maximum Gasteiger partial charge on any atom is 0.306 e. The number of fused-ring (bicyclic) bond motifs is 1. The van der Waals surface area contributed by atoms with Crippen LogP contribution in [-0.4, -0.2) is 39.1 Å². The predicted molar refractivity (Wildman–Crippen MR) is 141 cm³/mol. The maximum absolute atomic E-state index is 13.8. The number of hydrogen-bond acceptors (Lipinski definition) is 6. The van der Waals surface area contributed by atoms with Crippen LogP contribution in [-0.2, 0) is 20.7 Å². The van der Waals surface area contributed by atoms with E-state index in [0.717, 1.165) is 5.56 Å². The van der Waals surface area contributed by atoms with Crippen molar-refractivity contribution >= 4 is 28.9 Å². The minimum atomic E-state index is -0.551. The molecular formula is C28H36N4O4. The van der Waals surface area contributed by atoms with Crippen LogP contribution < -0.4 is 10.5 Å². The molecule has 36 heavy (non-hydrogen) atoms. The molecule has 1 amide bonds. The summed E-state index contributed by atoms with van der Waals surface area (Å²) in [7, 11) is 1.68. The van der Waals surface area contributed by atoms with Crippen LogP contribution in [0.4, 0.5) is 5.82 Å². The molecule has 0 unspecified atom stereocenters. The van der Waals surface area contributed by atoms with E-state index < -0.39 is 5.60 Å². The number of pyridine rings is 1. The summed E-state index contributed by atoms with van der Waals surface area (Å²) in [6.45, 7) is 9.31. The molecule has 0 aliphatic carbocycles. The molecule has 8 nitrogen and oxygen atoms in total. The highest BCUT2D eigenvalue weighted by Crippen LogP contribution is 2.25. The highest BCUT2D eigenvalue weighted by atomic mass is 16.6. The Labute approximate surface area is 212 Å². The fourth-order valence-electron chi connectivity index (χ4n) is 4.16. The number of aryl methyl sites for hydroxylation is 1. The lowest BCUT2D eigenvalue weighted by atomic mass is 10.0. The summed E-state index contributed by atoms with van der Waals surface area (Å²) in [5.41, 5.74) is 1.58. The summed E-state index contributed by atoms with van der Waals surface area (Å²) >= 11 is 0. The molecular weight excluding hydrogens is 456 g/mol. The van der Waals surface area contributed by atoms with Crippen LogP contribution in [0.5, 0.6) is 0 Å². The molecule has 2 heterocycles. The summed E-state index contributed by atoms with van der Waals surface area (Å²) in [6.07, 6.45) is 2.00. The van der Waals surface area contributed by atoms with E-state index in [9.17, 15) is 14.4 Å². The van der Waals surface area contributed by atoms with Gasteiger partial charge >= 0.3 is 5.97 Å². The number of anilines is 1. The number of aromatic nitrogens is 3. The molecule has 0 aliphatic heterocycles. The molecule has 2 aromatic heterocycles. The molecule has 0 N–H and O–H groups in total. The summed E-state index contributed by atoms with van der Waals surface area (Å²) < 4.78 is 7.08. The van der Waals surface area contributed by atoms with Gasteiger partial charge in [-0.05, 0) is 57.7 Å². The van der Waals surface area contributed by atoms with Crippen molar-refractivity contribution in [3.05, 3.63) is 64.1 Å². The highest BCUT2D eigenvalue weighted by Gasteiger charge is 2.22. The topological polar surface area (TPSA) is 94.4 Å². The summed E-state index contributed by atoms with van der Waals surface area (Å²) in [6, 6.07) is 13.1. The molecule has 0 saturated carbocycles. The van der Waals surface area contributed by atoms with Gasteiger partial charge in [0.05, 0.1) is 6.04 Å². The van der Waals surface area contributed by atoms with Crippen molar-refractivity contribution in [1.29, 1.82) is 0 Å². The van der Waals surface area contributed by atoms with Crippen molar-refractivity contribution < 1.29 is 14.3 Å². The maximum atomic E-state index is 13.8. The molecule has 0 saturated heterocycles. The highest BCUT2D eigenvalue weighted by molar-refractivity contribution is 5.92. The smallest absolute Gasteiger partial charge is 0.306 e. The van der Waals surface area contributed by atoms with Crippen molar-refractivity contribution in [1.82, 2.24) is 14.5 Å². The molecule has 3 aromatic rings. The minimum Gasteiger partial charge on any atom is -0.460 e. The average molecular weight is 493 g/mol. The number of hydrogen-bond donors (Lipinski definition) is 0. The van der Waals surface area contributed by atoms with Crippen LogP contribution in [0.15, 0.2) is 47.3 Å². The van der Waals surface area contributed by atoms with Gasteiger partial charge in [-0.2, -0.15) is 0 Å². The van der Waals surface area contributed by atoms with E-state index in [4.69, 9.17) is 9.72 Å². The van der Waals surface area contributed by atoms with Crippen molar-refractivity contribution in [2.75, 3.05) is 11.9 Å². The summed E-state index contributed by atoms with van der Waals surface area (Å²) in [4.78, 5) is 49.1. The quantitative estimate of drug-likeness (QED) is 0.397. The van der Waals surface area contributed by atoms with Gasteiger partial charge in [-0.1, -0.05) is 44.2 Å². The lowest BCUT2D eigenvalue weighted by Crippen LogP contribution is -2.31. The van der Waals surface area contributed by atoms with E-state index in [1.165, 1.54) is 4.90 Å². The molecule has 0 radical (unpaired) electrons. The average Bonchev–Trinajstić information content (AvgIpc) is 2.84. The van der Waals surface area contributed by atoms with Crippen molar-refractivity contribution in [2.45, 2.75) is 78.4 Å². The minimum absolute atomic E-state index is 0.0717. The third-order valence-electron chi connectivity index (χ3n) is 5.91. The number of carbonyl (C=O) groups is 2. The Morgan fingerprint density at radius 1 is 1.06 bits per heavy atom. The number of esters is 1. The Kier molecular flexibility index (Phi) is 8.61. The third kappa shape index (κ3) is 6.36. The Balaban J connectivity index is 2.08. The van der Waals surface area contributed by atoms with Gasteiger partial charge < -0.3 is 4.74 Å². The largest absolute Gasteiger partial charge is 0.460 e. The second kappa shape index (κ2) is 11.5. The monoisotopic (exact) mass is 492 g/mol. The first-order valence-corrected chi connectivity index (χ1v) is 12.5. The molecule has 3 rings (SSSR count). The van der Waals surface area contributed by atoms with Crippen LogP contribution in [0.2, 0.25) is 0 Å². The number of benzene rings is 1. The molecule has 1 atom stereocenters. The van der Waals surface area contributed by atoms with Crippen molar-refractivity contribution in [3.63, 3.8) is 0 Å². The third-order valence-corrected chi connectivity index (χ3v) is 5.91. The molecule has 0 fully saturated rings. The van der Waals surface area contributed by atoms with Gasteiger partial charge in [0.15, 0.2) is 5.65 Å². The van der Waals surface area contributed by atoms with Gasteiger partial charge in [0, 0.05) is 19.9 Å². The first-order valence-electron chi connectivity index (χ1n) is 12.5. The van der Waals surface area contributed by atoms with E-state index in [1.54, 1.807) is 30.7 Å². The van der Waals surface area contributed by atoms with E-state index in [2.05, 4.69) is 4.98 Å². The van der Waals surface area contributed by atoms with Crippen molar-refractivity contribution in [3.8, 4) is 0 Å². The lowest BCUT2D eigenvalue weighted by Gasteiger charge is -2.23. The van der Waals surface area contributed by atoms with Gasteiger partial charge in [0.25, 0.3) is 5.56 Å². The van der Waals surface area contributed by atoms with Gasteiger partial charge in [0.2, 0.25) is 5.91 Å². The van der Waals surface area contributed by atoms with Gasteiger partial charge in [-0.15, -0.1) is 0 Å². The number of carbonyl (C=O) groups excluding carboxylic acids is 2. The zero-order valence-corrected chi connectivity index (χ0v) is 22.1. The number of nitrogens with zero attached hydrogens (tertiary/aromatic N) is 4. The number of ether oxygens (including phenoxy) is 1. The Morgan fingerprint density at radius 2 is 1.75 bits per heavy atom. The second-order valence-corrected chi connectivity index (χ2v) is 9.83. The van der Waals surface area contributed by atoms with Crippen LogP contribution in [0, 0.1) is 0 Å². The van der Waals surface area contributed by atoms with Gasteiger partial charge in [-0.25, -0.2) is 9.97 Å². The zero-order chi connectivity index (χ0) is 26.5. The second-order valence-electron chi connectivity index (χ2n) is 9.83. The lowest BCUT2D eigenvalue weighted by molar-refractivity contribution is -0.154. The molecule has 1 aromatic carbocycles. The SMILES string of the molecule is CCC(=O)N(C)c1ccc2nc(CCCC(=O)OC(C)(C)C)c(=O)n([C@@H](CC)c3ccccc3)c2n1. The van der Waals surface area contributed by atoms with Crippen LogP contribution in [0.25, 0.3) is 11.2 Å².